The molecule has 4 aromatic rings. The van der Waals surface area contributed by atoms with Crippen LogP contribution in [0.15, 0.2) is 67.0 Å². The molecule has 1 saturated heterocycles. The van der Waals surface area contributed by atoms with Gasteiger partial charge in [0.05, 0.1) is 6.54 Å². The second-order valence-electron chi connectivity index (χ2n) is 6.91. The molecule has 0 amide bonds. The number of anilines is 2. The molecule has 0 aliphatic carbocycles. The van der Waals surface area contributed by atoms with E-state index in [0.29, 0.717) is 6.54 Å². The summed E-state index contributed by atoms with van der Waals surface area (Å²) in [5.41, 5.74) is 3.99. The first-order valence-electron chi connectivity index (χ1n) is 9.51. The van der Waals surface area contributed by atoms with Gasteiger partial charge in [0.1, 0.15) is 6.33 Å². The lowest BCUT2D eigenvalue weighted by Crippen LogP contribution is -2.46. The van der Waals surface area contributed by atoms with Crippen molar-refractivity contribution in [2.24, 2.45) is 0 Å². The fourth-order valence-electron chi connectivity index (χ4n) is 3.69. The number of hydrogen-bond donors (Lipinski definition) is 0. The van der Waals surface area contributed by atoms with Crippen molar-refractivity contribution in [3.8, 4) is 0 Å². The Kier molecular flexibility index (Phi) is 4.33. The van der Waals surface area contributed by atoms with E-state index in [1.165, 1.54) is 11.3 Å². The number of hydrogen-bond acceptors (Lipinski definition) is 6. The third-order valence-corrected chi connectivity index (χ3v) is 5.16. The Morgan fingerprint density at radius 1 is 0.750 bits per heavy atom. The van der Waals surface area contributed by atoms with Crippen LogP contribution < -0.4 is 9.80 Å². The quantitative estimate of drug-likeness (QED) is 0.549. The Labute approximate surface area is 163 Å². The fraction of sp³-hybridized carbons (Fsp3) is 0.238. The Morgan fingerprint density at radius 3 is 2.18 bits per heavy atom. The second-order valence-corrected chi connectivity index (χ2v) is 6.91. The van der Waals surface area contributed by atoms with Gasteiger partial charge in [0.25, 0.3) is 0 Å². The molecule has 5 rings (SSSR count). The molecule has 3 heterocycles. The zero-order chi connectivity index (χ0) is 18.8. The average molecular weight is 371 g/mol. The van der Waals surface area contributed by atoms with Gasteiger partial charge in [-0.15, -0.1) is 5.10 Å². The molecule has 140 valence electrons. The van der Waals surface area contributed by atoms with Gasteiger partial charge >= 0.3 is 0 Å². The summed E-state index contributed by atoms with van der Waals surface area (Å²) in [6.07, 6.45) is 1.62. The van der Waals surface area contributed by atoms with Gasteiger partial charge in [0, 0.05) is 31.9 Å². The van der Waals surface area contributed by atoms with Gasteiger partial charge in [-0.25, -0.2) is 14.6 Å². The van der Waals surface area contributed by atoms with Crippen LogP contribution in [0.5, 0.6) is 0 Å². The lowest BCUT2D eigenvalue weighted by Gasteiger charge is -2.36. The van der Waals surface area contributed by atoms with Gasteiger partial charge in [0.15, 0.2) is 17.0 Å². The van der Waals surface area contributed by atoms with Crippen molar-refractivity contribution in [2.75, 3.05) is 36.0 Å². The molecular formula is C21H21N7. The molecule has 1 fully saturated rings. The first-order chi connectivity index (χ1) is 13.9. The Hall–Kier alpha value is -3.48. The summed E-state index contributed by atoms with van der Waals surface area (Å²) >= 11 is 0. The zero-order valence-corrected chi connectivity index (χ0v) is 15.5. The van der Waals surface area contributed by atoms with Gasteiger partial charge in [-0.05, 0) is 17.7 Å². The van der Waals surface area contributed by atoms with Crippen molar-refractivity contribution in [1.82, 2.24) is 25.0 Å². The van der Waals surface area contributed by atoms with Crippen molar-refractivity contribution in [3.63, 3.8) is 0 Å². The molecule has 0 spiro atoms. The first kappa shape index (κ1) is 16.7. The predicted octanol–water partition coefficient (Wildman–Crippen LogP) is 2.60. The monoisotopic (exact) mass is 371 g/mol. The van der Waals surface area contributed by atoms with Gasteiger partial charge < -0.3 is 9.80 Å². The summed E-state index contributed by atoms with van der Waals surface area (Å²) in [7, 11) is 0. The average Bonchev–Trinajstić information content (AvgIpc) is 3.18. The number of fused-ring (bicyclic) bond motifs is 1. The van der Waals surface area contributed by atoms with E-state index in [1.54, 1.807) is 6.33 Å². The highest BCUT2D eigenvalue weighted by atomic mass is 15.5. The SMILES string of the molecule is c1ccc(Cn2nnc3c(N4CCN(c5ccccc5)CC4)ncnc32)cc1. The number of nitrogens with zero attached hydrogens (tertiary/aromatic N) is 7. The molecule has 7 nitrogen and oxygen atoms in total. The van der Waals surface area contributed by atoms with Gasteiger partial charge in [-0.2, -0.15) is 0 Å². The minimum atomic E-state index is 0.648. The molecular weight excluding hydrogens is 350 g/mol. The zero-order valence-electron chi connectivity index (χ0n) is 15.5. The molecule has 0 atom stereocenters. The molecule has 28 heavy (non-hydrogen) atoms. The maximum Gasteiger partial charge on any atom is 0.184 e. The van der Waals surface area contributed by atoms with Crippen molar-refractivity contribution in [2.45, 2.75) is 6.54 Å². The smallest absolute Gasteiger partial charge is 0.184 e. The summed E-state index contributed by atoms with van der Waals surface area (Å²) in [5.74, 6) is 0.872. The third-order valence-electron chi connectivity index (χ3n) is 5.16. The van der Waals surface area contributed by atoms with Crippen LogP contribution in [0.2, 0.25) is 0 Å². The van der Waals surface area contributed by atoms with Crippen LogP contribution in [-0.4, -0.2) is 51.1 Å². The minimum absolute atomic E-state index is 0.648. The summed E-state index contributed by atoms with van der Waals surface area (Å²) in [4.78, 5) is 13.7. The van der Waals surface area contributed by atoms with Crippen LogP contribution in [-0.2, 0) is 6.54 Å². The molecule has 2 aromatic carbocycles. The summed E-state index contributed by atoms with van der Waals surface area (Å²) in [6.45, 7) is 4.34. The van der Waals surface area contributed by atoms with E-state index in [1.807, 2.05) is 22.9 Å². The Balaban J connectivity index is 1.37. The lowest BCUT2D eigenvalue weighted by molar-refractivity contribution is 0.648. The van der Waals surface area contributed by atoms with Crippen LogP contribution in [0.4, 0.5) is 11.5 Å². The van der Waals surface area contributed by atoms with E-state index >= 15 is 0 Å². The molecule has 1 aliphatic heterocycles. The minimum Gasteiger partial charge on any atom is -0.368 e. The summed E-state index contributed by atoms with van der Waals surface area (Å²) in [6, 6.07) is 20.8. The highest BCUT2D eigenvalue weighted by Gasteiger charge is 2.22. The largest absolute Gasteiger partial charge is 0.368 e. The number of rotatable bonds is 4. The van der Waals surface area contributed by atoms with E-state index < -0.39 is 0 Å². The molecule has 0 N–H and O–H groups in total. The van der Waals surface area contributed by atoms with Crippen LogP contribution in [0.1, 0.15) is 5.56 Å². The Morgan fingerprint density at radius 2 is 1.43 bits per heavy atom. The molecule has 0 radical (unpaired) electrons. The summed E-state index contributed by atoms with van der Waals surface area (Å²) in [5, 5.41) is 8.74. The maximum absolute atomic E-state index is 4.53. The first-order valence-corrected chi connectivity index (χ1v) is 9.51. The van der Waals surface area contributed by atoms with Crippen LogP contribution >= 0.6 is 0 Å². The summed E-state index contributed by atoms with van der Waals surface area (Å²) < 4.78 is 1.84. The van der Waals surface area contributed by atoms with Crippen LogP contribution in [0.25, 0.3) is 11.2 Å². The molecule has 2 aromatic heterocycles. The van der Waals surface area contributed by atoms with Gasteiger partial charge in [-0.3, -0.25) is 0 Å². The fourth-order valence-corrected chi connectivity index (χ4v) is 3.69. The number of aromatic nitrogens is 5. The Bertz CT molecular complexity index is 1050. The maximum atomic E-state index is 4.53. The molecule has 0 bridgehead atoms. The lowest BCUT2D eigenvalue weighted by atomic mass is 10.2. The van der Waals surface area contributed by atoms with Crippen molar-refractivity contribution >= 4 is 22.7 Å². The highest BCUT2D eigenvalue weighted by Crippen LogP contribution is 2.24. The van der Waals surface area contributed by atoms with Crippen LogP contribution in [0.3, 0.4) is 0 Å². The highest BCUT2D eigenvalue weighted by molar-refractivity contribution is 5.82. The van der Waals surface area contributed by atoms with Gasteiger partial charge in [0.2, 0.25) is 0 Å². The van der Waals surface area contributed by atoms with E-state index in [9.17, 15) is 0 Å². The van der Waals surface area contributed by atoms with Crippen LogP contribution in [0, 0.1) is 0 Å². The van der Waals surface area contributed by atoms with E-state index in [4.69, 9.17) is 0 Å². The standard InChI is InChI=1S/C21H21N7/c1-3-7-17(8-4-1)15-28-21-19(24-25-28)20(22-16-23-21)27-13-11-26(12-14-27)18-9-5-2-6-10-18/h1-10,16H,11-15H2. The molecule has 1 aliphatic rings. The normalized spacial score (nSPS) is 14.6. The third kappa shape index (κ3) is 3.15. The molecule has 0 saturated carbocycles. The van der Waals surface area contributed by atoms with E-state index in [2.05, 4.69) is 72.5 Å². The second kappa shape index (κ2) is 7.26. The number of benzene rings is 2. The topological polar surface area (TPSA) is 63.0 Å². The van der Waals surface area contributed by atoms with Crippen molar-refractivity contribution in [3.05, 3.63) is 72.6 Å². The predicted molar refractivity (Wildman–Crippen MR) is 110 cm³/mol. The van der Waals surface area contributed by atoms with Gasteiger partial charge in [-0.1, -0.05) is 53.7 Å². The van der Waals surface area contributed by atoms with Crippen molar-refractivity contribution in [1.29, 1.82) is 0 Å². The molecule has 7 heteroatoms. The molecule has 0 unspecified atom stereocenters. The van der Waals surface area contributed by atoms with E-state index in [-0.39, 0.29) is 0 Å². The number of para-hydroxylation sites is 1. The van der Waals surface area contributed by atoms with E-state index in [0.717, 1.165) is 43.2 Å². The number of piperazine rings is 1. The van der Waals surface area contributed by atoms with Crippen molar-refractivity contribution < 1.29 is 0 Å².